The van der Waals surface area contributed by atoms with Crippen molar-refractivity contribution in [1.82, 2.24) is 15.6 Å². The zero-order valence-electron chi connectivity index (χ0n) is 15.5. The Kier molecular flexibility index (Phi) is 8.71. The van der Waals surface area contributed by atoms with Crippen LogP contribution in [0.25, 0.3) is 10.8 Å². The molecule has 1 unspecified atom stereocenters. The van der Waals surface area contributed by atoms with Crippen molar-refractivity contribution in [2.45, 2.75) is 19.6 Å². The molecule has 28 heavy (non-hydrogen) atoms. The highest BCUT2D eigenvalue weighted by Crippen LogP contribution is 2.23. The molecule has 3 aromatic rings. The number of aromatic nitrogens is 1. The van der Waals surface area contributed by atoms with Gasteiger partial charge in [0.05, 0.1) is 23.7 Å². The largest absolute Gasteiger partial charge is 0.489 e. The Hall–Kier alpha value is -2.14. The van der Waals surface area contributed by atoms with Crippen molar-refractivity contribution in [2.24, 2.45) is 4.99 Å². The summed E-state index contributed by atoms with van der Waals surface area (Å²) in [5.41, 5.74) is 0.789. The van der Waals surface area contributed by atoms with Crippen LogP contribution in [0.1, 0.15) is 12.6 Å². The van der Waals surface area contributed by atoms with Crippen LogP contribution in [0, 0.1) is 5.82 Å². The summed E-state index contributed by atoms with van der Waals surface area (Å²) in [4.78, 5) is 9.64. The molecule has 0 fully saturated rings. The lowest BCUT2D eigenvalue weighted by atomic mass is 10.3. The zero-order chi connectivity index (χ0) is 19.1. The van der Waals surface area contributed by atoms with Crippen LogP contribution >= 0.6 is 35.3 Å². The van der Waals surface area contributed by atoms with Gasteiger partial charge in [0.2, 0.25) is 5.89 Å². The number of nitrogens with one attached hydrogen (secondary N) is 2. The summed E-state index contributed by atoms with van der Waals surface area (Å²) >= 11 is 1.58. The van der Waals surface area contributed by atoms with Gasteiger partial charge in [0.15, 0.2) is 5.96 Å². The Morgan fingerprint density at radius 2 is 2.07 bits per heavy atom. The second-order valence-corrected chi connectivity index (χ2v) is 6.76. The van der Waals surface area contributed by atoms with Crippen molar-refractivity contribution in [3.05, 3.63) is 59.6 Å². The van der Waals surface area contributed by atoms with E-state index in [9.17, 15) is 4.39 Å². The molecule has 0 spiro atoms. The van der Waals surface area contributed by atoms with Gasteiger partial charge in [0, 0.05) is 7.05 Å². The van der Waals surface area contributed by atoms with Crippen LogP contribution in [0.2, 0.25) is 0 Å². The predicted molar refractivity (Wildman–Crippen MR) is 120 cm³/mol. The van der Waals surface area contributed by atoms with Crippen LogP contribution < -0.4 is 15.4 Å². The Morgan fingerprint density at radius 1 is 1.29 bits per heavy atom. The first-order chi connectivity index (χ1) is 13.1. The van der Waals surface area contributed by atoms with Gasteiger partial charge < -0.3 is 19.8 Å². The smallest absolute Gasteiger partial charge is 0.236 e. The van der Waals surface area contributed by atoms with Crippen molar-refractivity contribution in [3.63, 3.8) is 0 Å². The van der Waals surface area contributed by atoms with Gasteiger partial charge in [-0.05, 0) is 42.6 Å². The fourth-order valence-electron chi connectivity index (χ4n) is 2.32. The molecule has 0 bridgehead atoms. The molecule has 0 aliphatic rings. The van der Waals surface area contributed by atoms with Gasteiger partial charge in [0.25, 0.3) is 0 Å². The molecule has 1 aromatic carbocycles. The number of nitrogens with zero attached hydrogens (tertiary/aromatic N) is 2. The molecule has 0 aliphatic carbocycles. The van der Waals surface area contributed by atoms with E-state index >= 15 is 0 Å². The maximum atomic E-state index is 12.9. The third-order valence-electron chi connectivity index (χ3n) is 3.65. The van der Waals surface area contributed by atoms with Gasteiger partial charge in [0.1, 0.15) is 23.9 Å². The standard InChI is InChI=1S/C19H21FN4O2S.HI/c1-13(26-16-7-5-14(20)6-8-16)10-22-19(21-2)23-11-15-12-25-18(24-15)17-4-3-9-27-17;/h3-9,12-13H,10-11H2,1-2H3,(H2,21,22,23);1H. The summed E-state index contributed by atoms with van der Waals surface area (Å²) < 4.78 is 24.2. The number of ether oxygens (including phenoxy) is 1. The summed E-state index contributed by atoms with van der Waals surface area (Å²) in [5, 5.41) is 8.36. The van der Waals surface area contributed by atoms with Crippen molar-refractivity contribution in [3.8, 4) is 16.5 Å². The molecule has 0 saturated heterocycles. The topological polar surface area (TPSA) is 71.7 Å². The van der Waals surface area contributed by atoms with Gasteiger partial charge in [-0.1, -0.05) is 6.07 Å². The van der Waals surface area contributed by atoms with Crippen molar-refractivity contribution in [1.29, 1.82) is 0 Å². The highest BCUT2D eigenvalue weighted by atomic mass is 127. The van der Waals surface area contributed by atoms with Crippen molar-refractivity contribution in [2.75, 3.05) is 13.6 Å². The van der Waals surface area contributed by atoms with Gasteiger partial charge in [-0.2, -0.15) is 0 Å². The minimum Gasteiger partial charge on any atom is -0.489 e. The fraction of sp³-hybridized carbons (Fsp3) is 0.263. The molecule has 1 atom stereocenters. The SMILES string of the molecule is CN=C(NCc1coc(-c2cccs2)n1)NCC(C)Oc1ccc(F)cc1.I. The monoisotopic (exact) mass is 516 g/mol. The third-order valence-corrected chi connectivity index (χ3v) is 4.51. The van der Waals surface area contributed by atoms with E-state index in [-0.39, 0.29) is 35.9 Å². The maximum Gasteiger partial charge on any atom is 0.236 e. The number of hydrogen-bond acceptors (Lipinski definition) is 5. The molecule has 0 radical (unpaired) electrons. The molecular weight excluding hydrogens is 494 g/mol. The van der Waals surface area contributed by atoms with Gasteiger partial charge >= 0.3 is 0 Å². The molecule has 0 amide bonds. The van der Waals surface area contributed by atoms with Crippen molar-refractivity contribution < 1.29 is 13.5 Å². The summed E-state index contributed by atoms with van der Waals surface area (Å²) in [6.45, 7) is 2.95. The van der Waals surface area contributed by atoms with E-state index in [0.29, 0.717) is 30.7 Å². The minimum atomic E-state index is -0.284. The predicted octanol–water partition coefficient (Wildman–Crippen LogP) is 4.29. The quantitative estimate of drug-likeness (QED) is 0.279. The van der Waals surface area contributed by atoms with E-state index in [1.807, 2.05) is 24.4 Å². The number of guanidine groups is 1. The van der Waals surface area contributed by atoms with Crippen LogP contribution in [0.15, 0.2) is 57.5 Å². The first-order valence-corrected chi connectivity index (χ1v) is 9.37. The third kappa shape index (κ3) is 6.48. The Morgan fingerprint density at radius 3 is 2.75 bits per heavy atom. The Labute approximate surface area is 184 Å². The Balaban J connectivity index is 0.00000280. The van der Waals surface area contributed by atoms with Crippen LogP contribution in [-0.2, 0) is 6.54 Å². The van der Waals surface area contributed by atoms with Crippen LogP contribution in [0.5, 0.6) is 5.75 Å². The average molecular weight is 516 g/mol. The molecule has 9 heteroatoms. The van der Waals surface area contributed by atoms with Gasteiger partial charge in [-0.3, -0.25) is 4.99 Å². The number of thiophene rings is 1. The highest BCUT2D eigenvalue weighted by Gasteiger charge is 2.09. The van der Waals surface area contributed by atoms with E-state index in [1.165, 1.54) is 12.1 Å². The summed E-state index contributed by atoms with van der Waals surface area (Å²) in [6, 6.07) is 9.89. The first kappa shape index (κ1) is 22.2. The zero-order valence-corrected chi connectivity index (χ0v) is 18.7. The average Bonchev–Trinajstić information content (AvgIpc) is 3.35. The molecule has 6 nitrogen and oxygen atoms in total. The van der Waals surface area contributed by atoms with E-state index in [1.54, 1.807) is 36.8 Å². The number of aliphatic imine (C=N–C) groups is 1. The highest BCUT2D eigenvalue weighted by molar-refractivity contribution is 14.0. The molecule has 0 aliphatic heterocycles. The molecule has 2 aromatic heterocycles. The first-order valence-electron chi connectivity index (χ1n) is 8.49. The van der Waals surface area contributed by atoms with Crippen LogP contribution in [-0.4, -0.2) is 30.6 Å². The molecular formula is C19H22FIN4O2S. The van der Waals surface area contributed by atoms with E-state index < -0.39 is 0 Å². The number of halogens is 2. The molecule has 150 valence electrons. The second kappa shape index (κ2) is 11.0. The summed E-state index contributed by atoms with van der Waals surface area (Å²) in [7, 11) is 1.70. The van der Waals surface area contributed by atoms with Crippen LogP contribution in [0.3, 0.4) is 0 Å². The Bertz CT molecular complexity index is 868. The maximum absolute atomic E-state index is 12.9. The van der Waals surface area contributed by atoms with Crippen LogP contribution in [0.4, 0.5) is 4.39 Å². The van der Waals surface area contributed by atoms with E-state index in [0.717, 1.165) is 10.6 Å². The number of hydrogen-bond donors (Lipinski definition) is 2. The molecule has 2 N–H and O–H groups in total. The lowest BCUT2D eigenvalue weighted by Crippen LogP contribution is -2.41. The lowest BCUT2D eigenvalue weighted by molar-refractivity contribution is 0.223. The number of rotatable bonds is 7. The lowest BCUT2D eigenvalue weighted by Gasteiger charge is -2.17. The minimum absolute atomic E-state index is 0. The van der Waals surface area contributed by atoms with E-state index in [2.05, 4.69) is 20.6 Å². The van der Waals surface area contributed by atoms with E-state index in [4.69, 9.17) is 9.15 Å². The number of oxazole rings is 1. The molecule has 3 rings (SSSR count). The second-order valence-electron chi connectivity index (χ2n) is 5.81. The molecule has 2 heterocycles. The van der Waals surface area contributed by atoms with Gasteiger partial charge in [-0.25, -0.2) is 9.37 Å². The fourth-order valence-corrected chi connectivity index (χ4v) is 2.98. The van der Waals surface area contributed by atoms with Gasteiger partial charge in [-0.15, -0.1) is 35.3 Å². The summed E-state index contributed by atoms with van der Waals surface area (Å²) in [6.07, 6.45) is 1.52. The normalized spacial score (nSPS) is 12.2. The number of benzene rings is 1. The molecule has 0 saturated carbocycles. The summed E-state index contributed by atoms with van der Waals surface area (Å²) in [5.74, 6) is 1.58. The van der Waals surface area contributed by atoms with Crippen molar-refractivity contribution >= 4 is 41.3 Å².